The van der Waals surface area contributed by atoms with Gasteiger partial charge in [-0.1, -0.05) is 20.3 Å². The average Bonchev–Trinajstić information content (AvgIpc) is 2.63. The Morgan fingerprint density at radius 2 is 2.07 bits per heavy atom. The van der Waals surface area contributed by atoms with Gasteiger partial charge >= 0.3 is 0 Å². The minimum absolute atomic E-state index is 0.378. The molecule has 0 saturated heterocycles. The smallest absolute Gasteiger partial charge is 0.0537 e. The van der Waals surface area contributed by atoms with E-state index in [0.29, 0.717) is 18.0 Å². The fraction of sp³-hybridized carbons (Fsp3) is 0.750. The Hall–Kier alpha value is -0.830. The summed E-state index contributed by atoms with van der Waals surface area (Å²) in [6.45, 7) is 8.96. The molecule has 0 aliphatic heterocycles. The highest BCUT2D eigenvalue weighted by atomic mass is 15.2. The third-order valence-electron chi connectivity index (χ3n) is 3.24. The highest BCUT2D eigenvalue weighted by molar-refractivity contribution is 5.09. The molecule has 3 atom stereocenters. The zero-order valence-corrected chi connectivity index (χ0v) is 10.5. The van der Waals surface area contributed by atoms with Crippen LogP contribution in [0, 0.1) is 5.92 Å². The third kappa shape index (κ3) is 3.34. The molecule has 0 aliphatic rings. The highest BCUT2D eigenvalue weighted by Gasteiger charge is 2.14. The Balaban J connectivity index is 2.52. The monoisotopic (exact) mass is 209 g/mol. The Morgan fingerprint density at radius 1 is 1.40 bits per heavy atom. The molecular formula is C12H23N3. The van der Waals surface area contributed by atoms with Gasteiger partial charge in [0.1, 0.15) is 0 Å². The van der Waals surface area contributed by atoms with Crippen LogP contribution in [0.25, 0.3) is 0 Å². The van der Waals surface area contributed by atoms with Crippen molar-refractivity contribution in [3.8, 4) is 0 Å². The van der Waals surface area contributed by atoms with Crippen molar-refractivity contribution >= 4 is 0 Å². The maximum atomic E-state index is 4.19. The van der Waals surface area contributed by atoms with Crippen LogP contribution in [0.4, 0.5) is 0 Å². The zero-order valence-electron chi connectivity index (χ0n) is 10.5. The molecule has 0 aromatic carbocycles. The van der Waals surface area contributed by atoms with Crippen LogP contribution < -0.4 is 5.32 Å². The summed E-state index contributed by atoms with van der Waals surface area (Å²) in [5, 5.41) is 7.79. The summed E-state index contributed by atoms with van der Waals surface area (Å²) < 4.78 is 1.85. The van der Waals surface area contributed by atoms with Crippen LogP contribution in [0.2, 0.25) is 0 Å². The fourth-order valence-corrected chi connectivity index (χ4v) is 1.67. The molecule has 1 aromatic rings. The number of nitrogens with zero attached hydrogens (tertiary/aromatic N) is 2. The normalized spacial score (nSPS) is 17.4. The van der Waals surface area contributed by atoms with Gasteiger partial charge < -0.3 is 5.32 Å². The molecule has 1 aromatic heterocycles. The van der Waals surface area contributed by atoms with E-state index in [1.807, 2.05) is 17.9 Å². The first-order chi connectivity index (χ1) is 7.04. The van der Waals surface area contributed by atoms with Gasteiger partial charge in [0, 0.05) is 30.9 Å². The Morgan fingerprint density at radius 3 is 2.53 bits per heavy atom. The molecule has 0 bridgehead atoms. The highest BCUT2D eigenvalue weighted by Crippen LogP contribution is 2.15. The third-order valence-corrected chi connectivity index (χ3v) is 3.24. The number of aromatic nitrogens is 2. The molecule has 15 heavy (non-hydrogen) atoms. The van der Waals surface area contributed by atoms with Crippen LogP contribution in [0.5, 0.6) is 0 Å². The maximum absolute atomic E-state index is 4.19. The summed E-state index contributed by atoms with van der Waals surface area (Å²) in [6, 6.07) is 0.924. The number of rotatable bonds is 5. The molecule has 0 fully saturated rings. The standard InChI is InChI=1S/C12H23N3/c1-6-9(2)10(3)14-11(4)12-7-13-15(5)8-12/h7-11,14H,6H2,1-5H3. The van der Waals surface area contributed by atoms with Crippen molar-refractivity contribution in [2.24, 2.45) is 13.0 Å². The summed E-state index contributed by atoms with van der Waals surface area (Å²) >= 11 is 0. The molecule has 1 heterocycles. The molecule has 1 N–H and O–H groups in total. The van der Waals surface area contributed by atoms with Crippen molar-refractivity contribution < 1.29 is 0 Å². The van der Waals surface area contributed by atoms with Crippen LogP contribution in [-0.2, 0) is 7.05 Å². The summed E-state index contributed by atoms with van der Waals surface area (Å²) in [4.78, 5) is 0. The van der Waals surface area contributed by atoms with Crippen LogP contribution in [0.3, 0.4) is 0 Å². The van der Waals surface area contributed by atoms with E-state index in [1.165, 1.54) is 12.0 Å². The zero-order chi connectivity index (χ0) is 11.4. The van der Waals surface area contributed by atoms with E-state index in [4.69, 9.17) is 0 Å². The lowest BCUT2D eigenvalue weighted by molar-refractivity contribution is 0.360. The quantitative estimate of drug-likeness (QED) is 0.807. The van der Waals surface area contributed by atoms with Gasteiger partial charge in [0.2, 0.25) is 0 Å². The van der Waals surface area contributed by atoms with E-state index in [1.54, 1.807) is 0 Å². The van der Waals surface area contributed by atoms with E-state index in [9.17, 15) is 0 Å². The largest absolute Gasteiger partial charge is 0.307 e. The average molecular weight is 209 g/mol. The Kier molecular flexibility index (Phi) is 4.33. The van der Waals surface area contributed by atoms with E-state index < -0.39 is 0 Å². The number of nitrogens with one attached hydrogen (secondary N) is 1. The molecule has 0 amide bonds. The first-order valence-corrected chi connectivity index (χ1v) is 5.79. The van der Waals surface area contributed by atoms with Gasteiger partial charge in [-0.25, -0.2) is 0 Å². The van der Waals surface area contributed by atoms with E-state index in [2.05, 4.69) is 44.3 Å². The molecule has 86 valence electrons. The summed E-state index contributed by atoms with van der Waals surface area (Å²) in [5.41, 5.74) is 1.26. The van der Waals surface area contributed by atoms with Gasteiger partial charge in [0.05, 0.1) is 6.20 Å². The minimum atomic E-state index is 0.378. The molecule has 3 unspecified atom stereocenters. The molecule has 0 radical (unpaired) electrons. The molecular weight excluding hydrogens is 186 g/mol. The van der Waals surface area contributed by atoms with Crippen molar-refractivity contribution in [1.82, 2.24) is 15.1 Å². The van der Waals surface area contributed by atoms with Gasteiger partial charge in [0.15, 0.2) is 0 Å². The van der Waals surface area contributed by atoms with Crippen LogP contribution in [0.15, 0.2) is 12.4 Å². The van der Waals surface area contributed by atoms with E-state index >= 15 is 0 Å². The van der Waals surface area contributed by atoms with Crippen molar-refractivity contribution in [2.75, 3.05) is 0 Å². The van der Waals surface area contributed by atoms with E-state index in [0.717, 1.165) is 0 Å². The number of aryl methyl sites for hydroxylation is 1. The maximum Gasteiger partial charge on any atom is 0.0537 e. The van der Waals surface area contributed by atoms with Gasteiger partial charge in [-0.3, -0.25) is 4.68 Å². The Labute approximate surface area is 92.9 Å². The minimum Gasteiger partial charge on any atom is -0.307 e. The molecule has 3 heteroatoms. The fourth-order valence-electron chi connectivity index (χ4n) is 1.67. The van der Waals surface area contributed by atoms with Crippen LogP contribution in [-0.4, -0.2) is 15.8 Å². The molecule has 0 spiro atoms. The predicted molar refractivity (Wildman–Crippen MR) is 63.7 cm³/mol. The van der Waals surface area contributed by atoms with Crippen molar-refractivity contribution in [3.05, 3.63) is 18.0 Å². The van der Waals surface area contributed by atoms with Crippen LogP contribution >= 0.6 is 0 Å². The molecule has 3 nitrogen and oxygen atoms in total. The van der Waals surface area contributed by atoms with E-state index in [-0.39, 0.29) is 0 Å². The van der Waals surface area contributed by atoms with Gasteiger partial charge in [-0.2, -0.15) is 5.10 Å². The molecule has 1 rings (SSSR count). The summed E-state index contributed by atoms with van der Waals surface area (Å²) in [6.07, 6.45) is 5.22. The van der Waals surface area contributed by atoms with Crippen LogP contribution in [0.1, 0.15) is 45.7 Å². The second-order valence-corrected chi connectivity index (χ2v) is 4.51. The first-order valence-electron chi connectivity index (χ1n) is 5.79. The SMILES string of the molecule is CCC(C)C(C)NC(C)c1cnn(C)c1. The second kappa shape index (κ2) is 5.31. The van der Waals surface area contributed by atoms with Crippen molar-refractivity contribution in [3.63, 3.8) is 0 Å². The lowest BCUT2D eigenvalue weighted by Crippen LogP contribution is -2.33. The number of hydrogen-bond donors (Lipinski definition) is 1. The van der Waals surface area contributed by atoms with Gasteiger partial charge in [-0.15, -0.1) is 0 Å². The summed E-state index contributed by atoms with van der Waals surface area (Å²) in [5.74, 6) is 0.712. The Bertz CT molecular complexity index is 293. The van der Waals surface area contributed by atoms with Crippen molar-refractivity contribution in [1.29, 1.82) is 0 Å². The lowest BCUT2D eigenvalue weighted by Gasteiger charge is -2.23. The first kappa shape index (κ1) is 12.2. The number of hydrogen-bond acceptors (Lipinski definition) is 2. The van der Waals surface area contributed by atoms with Gasteiger partial charge in [-0.05, 0) is 19.8 Å². The second-order valence-electron chi connectivity index (χ2n) is 4.51. The topological polar surface area (TPSA) is 29.9 Å². The molecule has 0 aliphatic carbocycles. The summed E-state index contributed by atoms with van der Waals surface area (Å²) in [7, 11) is 1.95. The van der Waals surface area contributed by atoms with Crippen molar-refractivity contribution in [2.45, 2.75) is 46.2 Å². The predicted octanol–water partition coefficient (Wildman–Crippen LogP) is 2.51. The molecule has 0 saturated carbocycles. The lowest BCUT2D eigenvalue weighted by atomic mass is 9.99. The van der Waals surface area contributed by atoms with Gasteiger partial charge in [0.25, 0.3) is 0 Å².